The molecule has 166 valence electrons. The Morgan fingerprint density at radius 2 is 1.88 bits per heavy atom. The highest BCUT2D eigenvalue weighted by molar-refractivity contribution is 7.99. The van der Waals surface area contributed by atoms with Crippen LogP contribution in [0.5, 0.6) is 0 Å². The number of thioether (sulfide) groups is 1. The Balaban J connectivity index is 1.41. The fraction of sp³-hybridized carbons (Fsp3) is 0.273. The van der Waals surface area contributed by atoms with Crippen LogP contribution >= 0.6 is 23.4 Å². The van der Waals surface area contributed by atoms with E-state index < -0.39 is 0 Å². The molecule has 2 aromatic carbocycles. The lowest BCUT2D eigenvalue weighted by atomic mass is 10.1. The number of carbonyl (C=O) groups excluding carboxylic acids is 2. The number of nitrogens with zero attached hydrogens (tertiary/aromatic N) is 4. The standard InChI is InChI=1S/C22H21ClFN5O2S/c1-28-20(18-3-2-12-29(18)21(31)14-4-6-15(23)7-5-14)26-27-22(28)32-13-19(30)25-17-10-8-16(24)9-11-17/h4-11,18H,2-3,12-13H2,1H3,(H,25,30). The topological polar surface area (TPSA) is 80.1 Å². The number of likely N-dealkylation sites (tertiary alicyclic amines) is 1. The van der Waals surface area contributed by atoms with E-state index in [-0.39, 0.29) is 29.4 Å². The molecule has 1 aromatic heterocycles. The molecule has 1 fully saturated rings. The van der Waals surface area contributed by atoms with Gasteiger partial charge in [0.2, 0.25) is 5.91 Å². The molecule has 1 atom stereocenters. The van der Waals surface area contributed by atoms with Crippen LogP contribution in [0.15, 0.2) is 53.7 Å². The van der Waals surface area contributed by atoms with Gasteiger partial charge in [0.25, 0.3) is 5.91 Å². The molecule has 1 aliphatic rings. The number of anilines is 1. The second kappa shape index (κ2) is 9.70. The number of carbonyl (C=O) groups is 2. The van der Waals surface area contributed by atoms with Gasteiger partial charge in [-0.05, 0) is 61.4 Å². The Morgan fingerprint density at radius 1 is 1.16 bits per heavy atom. The van der Waals surface area contributed by atoms with Gasteiger partial charge in [0.05, 0.1) is 11.8 Å². The Morgan fingerprint density at radius 3 is 2.59 bits per heavy atom. The van der Waals surface area contributed by atoms with Crippen LogP contribution in [0.2, 0.25) is 5.02 Å². The molecule has 0 aliphatic carbocycles. The van der Waals surface area contributed by atoms with E-state index in [1.807, 2.05) is 16.5 Å². The molecule has 1 aliphatic heterocycles. The minimum absolute atomic E-state index is 0.0694. The summed E-state index contributed by atoms with van der Waals surface area (Å²) < 4.78 is 14.8. The quantitative estimate of drug-likeness (QED) is 0.539. The molecule has 4 rings (SSSR count). The second-order valence-corrected chi connectivity index (χ2v) is 8.79. The number of hydrogen-bond donors (Lipinski definition) is 1. The van der Waals surface area contributed by atoms with Crippen molar-refractivity contribution in [3.8, 4) is 0 Å². The van der Waals surface area contributed by atoms with Crippen molar-refractivity contribution in [1.29, 1.82) is 0 Å². The Hall–Kier alpha value is -2.91. The summed E-state index contributed by atoms with van der Waals surface area (Å²) in [6.07, 6.45) is 1.67. The average molecular weight is 474 g/mol. The normalized spacial score (nSPS) is 15.7. The van der Waals surface area contributed by atoms with E-state index in [1.54, 1.807) is 24.3 Å². The molecule has 0 spiro atoms. The van der Waals surface area contributed by atoms with Gasteiger partial charge in [-0.3, -0.25) is 9.59 Å². The summed E-state index contributed by atoms with van der Waals surface area (Å²) >= 11 is 7.19. The predicted octanol–water partition coefficient (Wildman–Crippen LogP) is 4.32. The summed E-state index contributed by atoms with van der Waals surface area (Å²) in [7, 11) is 1.83. The number of nitrogens with one attached hydrogen (secondary N) is 1. The zero-order valence-electron chi connectivity index (χ0n) is 17.3. The third kappa shape index (κ3) is 4.94. The van der Waals surface area contributed by atoms with Crippen LogP contribution in [-0.4, -0.2) is 43.8 Å². The molecule has 0 radical (unpaired) electrons. The molecule has 7 nitrogen and oxygen atoms in total. The highest BCUT2D eigenvalue weighted by atomic mass is 35.5. The maximum Gasteiger partial charge on any atom is 0.254 e. The van der Waals surface area contributed by atoms with Crippen LogP contribution in [0.25, 0.3) is 0 Å². The van der Waals surface area contributed by atoms with Crippen molar-refractivity contribution in [3.63, 3.8) is 0 Å². The monoisotopic (exact) mass is 473 g/mol. The van der Waals surface area contributed by atoms with E-state index in [9.17, 15) is 14.0 Å². The summed E-state index contributed by atoms with van der Waals surface area (Å²) in [5.41, 5.74) is 1.11. The van der Waals surface area contributed by atoms with Crippen molar-refractivity contribution in [2.24, 2.45) is 7.05 Å². The summed E-state index contributed by atoms with van der Waals surface area (Å²) in [6.45, 7) is 0.640. The fourth-order valence-corrected chi connectivity index (χ4v) is 4.48. The summed E-state index contributed by atoms with van der Waals surface area (Å²) in [6, 6.07) is 12.2. The summed E-state index contributed by atoms with van der Waals surface area (Å²) in [5.74, 6) is 0.152. The maximum atomic E-state index is 13.0. The molecule has 2 amide bonds. The van der Waals surface area contributed by atoms with E-state index in [0.29, 0.717) is 33.8 Å². The number of rotatable bonds is 6. The molecule has 1 unspecified atom stereocenters. The van der Waals surface area contributed by atoms with Crippen molar-refractivity contribution in [2.45, 2.75) is 24.0 Å². The predicted molar refractivity (Wildman–Crippen MR) is 121 cm³/mol. The first-order valence-corrected chi connectivity index (χ1v) is 11.4. The molecule has 32 heavy (non-hydrogen) atoms. The van der Waals surface area contributed by atoms with Crippen LogP contribution in [0.1, 0.15) is 35.1 Å². The lowest BCUT2D eigenvalue weighted by Crippen LogP contribution is -2.31. The number of aromatic nitrogens is 3. The Bertz CT molecular complexity index is 1120. The largest absolute Gasteiger partial charge is 0.328 e. The summed E-state index contributed by atoms with van der Waals surface area (Å²) in [4.78, 5) is 27.0. The molecular weight excluding hydrogens is 453 g/mol. The lowest BCUT2D eigenvalue weighted by molar-refractivity contribution is -0.113. The highest BCUT2D eigenvalue weighted by Crippen LogP contribution is 2.33. The van der Waals surface area contributed by atoms with E-state index >= 15 is 0 Å². The average Bonchev–Trinajstić information content (AvgIpc) is 3.40. The smallest absolute Gasteiger partial charge is 0.254 e. The van der Waals surface area contributed by atoms with Crippen LogP contribution < -0.4 is 5.32 Å². The van der Waals surface area contributed by atoms with Gasteiger partial charge in [-0.2, -0.15) is 0 Å². The van der Waals surface area contributed by atoms with Gasteiger partial charge in [-0.15, -0.1) is 10.2 Å². The van der Waals surface area contributed by atoms with Crippen LogP contribution in [0.4, 0.5) is 10.1 Å². The zero-order chi connectivity index (χ0) is 22.7. The number of amides is 2. The van der Waals surface area contributed by atoms with E-state index in [4.69, 9.17) is 11.6 Å². The van der Waals surface area contributed by atoms with E-state index in [2.05, 4.69) is 15.5 Å². The Labute approximate surface area is 194 Å². The first-order valence-electron chi connectivity index (χ1n) is 10.1. The first kappa shape index (κ1) is 22.3. The fourth-order valence-electron chi connectivity index (χ4n) is 3.64. The number of hydrogen-bond acceptors (Lipinski definition) is 5. The second-order valence-electron chi connectivity index (χ2n) is 7.41. The van der Waals surface area contributed by atoms with Gasteiger partial charge in [0.15, 0.2) is 11.0 Å². The minimum Gasteiger partial charge on any atom is -0.328 e. The summed E-state index contributed by atoms with van der Waals surface area (Å²) in [5, 5.41) is 12.4. The van der Waals surface area contributed by atoms with Crippen molar-refractivity contribution >= 4 is 40.9 Å². The van der Waals surface area contributed by atoms with Gasteiger partial charge in [-0.25, -0.2) is 4.39 Å². The van der Waals surface area contributed by atoms with Crippen molar-refractivity contribution < 1.29 is 14.0 Å². The van der Waals surface area contributed by atoms with Crippen LogP contribution in [-0.2, 0) is 11.8 Å². The molecule has 2 heterocycles. The van der Waals surface area contributed by atoms with E-state index in [1.165, 1.54) is 36.0 Å². The van der Waals surface area contributed by atoms with Crippen molar-refractivity contribution in [1.82, 2.24) is 19.7 Å². The van der Waals surface area contributed by atoms with Crippen molar-refractivity contribution in [3.05, 3.63) is 70.8 Å². The van der Waals surface area contributed by atoms with Crippen LogP contribution in [0.3, 0.4) is 0 Å². The molecule has 0 bridgehead atoms. The van der Waals surface area contributed by atoms with Gasteiger partial charge in [0.1, 0.15) is 5.82 Å². The third-order valence-corrected chi connectivity index (χ3v) is 6.50. The van der Waals surface area contributed by atoms with Crippen molar-refractivity contribution in [2.75, 3.05) is 17.6 Å². The third-order valence-electron chi connectivity index (χ3n) is 5.23. The first-order chi connectivity index (χ1) is 15.4. The van der Waals surface area contributed by atoms with Gasteiger partial charge in [-0.1, -0.05) is 23.4 Å². The minimum atomic E-state index is -0.362. The van der Waals surface area contributed by atoms with E-state index in [0.717, 1.165) is 12.8 Å². The molecule has 1 N–H and O–H groups in total. The SMILES string of the molecule is Cn1c(SCC(=O)Nc2ccc(F)cc2)nnc1C1CCCN1C(=O)c1ccc(Cl)cc1. The molecule has 0 saturated carbocycles. The highest BCUT2D eigenvalue weighted by Gasteiger charge is 2.34. The lowest BCUT2D eigenvalue weighted by Gasteiger charge is -2.24. The molecular formula is C22H21ClFN5O2S. The van der Waals surface area contributed by atoms with Gasteiger partial charge >= 0.3 is 0 Å². The molecule has 3 aromatic rings. The zero-order valence-corrected chi connectivity index (χ0v) is 18.9. The van der Waals surface area contributed by atoms with Gasteiger partial charge < -0.3 is 14.8 Å². The van der Waals surface area contributed by atoms with Crippen LogP contribution in [0, 0.1) is 5.82 Å². The number of benzene rings is 2. The van der Waals surface area contributed by atoms with Gasteiger partial charge in [0, 0.05) is 29.9 Å². The molecule has 10 heteroatoms. The molecule has 1 saturated heterocycles. The Kier molecular flexibility index (Phi) is 6.76. The maximum absolute atomic E-state index is 13.0. The number of halogens is 2.